The summed E-state index contributed by atoms with van der Waals surface area (Å²) in [5, 5.41) is 0. The van der Waals surface area contributed by atoms with Crippen molar-refractivity contribution in [3.63, 3.8) is 0 Å². The highest BCUT2D eigenvalue weighted by Gasteiger charge is 2.24. The summed E-state index contributed by atoms with van der Waals surface area (Å²) >= 11 is 1.70. The standard InChI is InChI=1S/C59H99N5O15S/c1-10-20-64(47-49-17-15-48(16-18-49)46-63(9)57(67)79-59(5,6)7)56(66)50-43-53-52(61-54(60)44-50)45-51(80-53)14-12-11-13-21-62(8)22-24-69-26-28-71-30-32-73-34-36-75-38-40-77-42-41-76-39-37-74-35-33-72-31-29-70-27-25-68-23-19-55(65)78-58(2,3)4/h15-18,43,45H,10-14,19-42,44,46-47H2,1-9H3,(H2,60,61). The number of aryl methyl sites for hydroxylation is 1. The number of unbranched alkanes of at least 4 members (excludes halogenated alkanes) is 2. The molecule has 1 aromatic carbocycles. The van der Waals surface area contributed by atoms with Gasteiger partial charge in [0.15, 0.2) is 0 Å². The number of thiophene rings is 1. The van der Waals surface area contributed by atoms with E-state index >= 15 is 0 Å². The summed E-state index contributed by atoms with van der Waals surface area (Å²) in [7, 11) is 3.85. The molecule has 0 atom stereocenters. The minimum atomic E-state index is -0.558. The summed E-state index contributed by atoms with van der Waals surface area (Å²) in [6.45, 7) is 26.1. The minimum absolute atomic E-state index is 0.0304. The van der Waals surface area contributed by atoms with E-state index in [1.165, 1.54) is 4.88 Å². The number of nitrogens with zero attached hydrogens (tertiary/aromatic N) is 4. The number of carbonyl (C=O) groups is 3. The number of fused-ring (bicyclic) bond motifs is 1. The molecule has 0 fully saturated rings. The fourth-order valence-corrected chi connectivity index (χ4v) is 8.80. The van der Waals surface area contributed by atoms with Gasteiger partial charge < -0.3 is 77.3 Å². The maximum atomic E-state index is 14.0. The van der Waals surface area contributed by atoms with Crippen LogP contribution in [0.1, 0.15) is 108 Å². The highest BCUT2D eigenvalue weighted by molar-refractivity contribution is 7.13. The number of nitrogens with two attached hydrogens (primary N) is 1. The van der Waals surface area contributed by atoms with Crippen LogP contribution in [0.25, 0.3) is 6.08 Å². The Morgan fingerprint density at radius 2 is 1.02 bits per heavy atom. The maximum Gasteiger partial charge on any atom is 0.410 e. The number of benzene rings is 1. The third kappa shape index (κ3) is 35.0. The highest BCUT2D eigenvalue weighted by Crippen LogP contribution is 2.36. The molecular formula is C59H99N5O15S. The summed E-state index contributed by atoms with van der Waals surface area (Å²) in [6, 6.07) is 10.1. The number of carbonyl (C=O) groups excluding carboxylic acids is 3. The molecule has 0 saturated heterocycles. The number of aliphatic imine (C=N–C) groups is 1. The summed E-state index contributed by atoms with van der Waals surface area (Å²) in [5.74, 6) is 0.143. The van der Waals surface area contributed by atoms with E-state index in [0.717, 1.165) is 66.9 Å². The average molecular weight is 1150 g/mol. The molecule has 0 aliphatic carbocycles. The van der Waals surface area contributed by atoms with Gasteiger partial charge in [0, 0.05) is 50.1 Å². The van der Waals surface area contributed by atoms with Gasteiger partial charge in [-0.3, -0.25) is 9.59 Å². The molecule has 2 heterocycles. The largest absolute Gasteiger partial charge is 0.460 e. The number of likely N-dealkylation sites (N-methyl/N-ethyl adjacent to an activating group) is 1. The molecule has 1 aromatic heterocycles. The van der Waals surface area contributed by atoms with Gasteiger partial charge in [0.1, 0.15) is 17.0 Å². The van der Waals surface area contributed by atoms with Crippen molar-refractivity contribution in [2.45, 2.75) is 118 Å². The third-order valence-corrected chi connectivity index (χ3v) is 12.7. The van der Waals surface area contributed by atoms with Gasteiger partial charge in [-0.1, -0.05) is 37.6 Å². The SMILES string of the molecule is CCCN(Cc1ccc(CN(C)C(=O)OC(C)(C)C)cc1)C(=O)C1=Cc2sc(CCCCCN(C)CCOCCOCCOCCOCCOCCOCCOCCOCCOCCOCCC(=O)OC(C)(C)C)cc2N=C(N)C1. The first-order valence-electron chi connectivity index (χ1n) is 28.6. The first-order valence-corrected chi connectivity index (χ1v) is 29.4. The van der Waals surface area contributed by atoms with Crippen LogP contribution >= 0.6 is 11.3 Å². The molecule has 80 heavy (non-hydrogen) atoms. The monoisotopic (exact) mass is 1150 g/mol. The lowest BCUT2D eigenvalue weighted by molar-refractivity contribution is -0.156. The number of hydrogen-bond acceptors (Lipinski definition) is 19. The Labute approximate surface area is 482 Å². The Morgan fingerprint density at radius 3 is 1.49 bits per heavy atom. The van der Waals surface area contributed by atoms with E-state index in [0.29, 0.717) is 170 Å². The minimum Gasteiger partial charge on any atom is -0.460 e. The molecule has 3 rings (SSSR count). The van der Waals surface area contributed by atoms with E-state index in [1.807, 2.05) is 76.8 Å². The lowest BCUT2D eigenvalue weighted by atomic mass is 10.1. The second-order valence-electron chi connectivity index (χ2n) is 21.4. The Kier molecular flexibility index (Phi) is 36.7. The topological polar surface area (TPSA) is 210 Å². The molecular weight excluding hydrogens is 1050 g/mol. The van der Waals surface area contributed by atoms with Gasteiger partial charge in [-0.25, -0.2) is 9.79 Å². The second kappa shape index (κ2) is 41.8. The van der Waals surface area contributed by atoms with Crippen molar-refractivity contribution in [1.29, 1.82) is 0 Å². The summed E-state index contributed by atoms with van der Waals surface area (Å²) < 4.78 is 66.2. The van der Waals surface area contributed by atoms with Crippen LogP contribution in [0.15, 0.2) is 40.9 Å². The zero-order valence-electron chi connectivity index (χ0n) is 50.0. The summed E-state index contributed by atoms with van der Waals surface area (Å²) in [5.41, 5.74) is 8.83. The van der Waals surface area contributed by atoms with Crippen molar-refractivity contribution in [2.75, 3.05) is 166 Å². The predicted octanol–water partition coefficient (Wildman–Crippen LogP) is 7.87. The molecule has 2 aromatic rings. The molecule has 0 bridgehead atoms. The van der Waals surface area contributed by atoms with Gasteiger partial charge in [0.25, 0.3) is 5.91 Å². The first kappa shape index (κ1) is 70.2. The maximum absolute atomic E-state index is 14.0. The lowest BCUT2D eigenvalue weighted by Gasteiger charge is -2.25. The first-order chi connectivity index (χ1) is 38.4. The Balaban J connectivity index is 1.09. The Hall–Kier alpha value is -4.10. The van der Waals surface area contributed by atoms with Crippen LogP contribution in [0.5, 0.6) is 0 Å². The third-order valence-electron chi connectivity index (χ3n) is 11.6. The number of rotatable bonds is 46. The van der Waals surface area contributed by atoms with Crippen molar-refractivity contribution < 1.29 is 71.2 Å². The van der Waals surface area contributed by atoms with Crippen molar-refractivity contribution >= 4 is 46.9 Å². The molecule has 456 valence electrons. The molecule has 0 unspecified atom stereocenters. The molecule has 2 N–H and O–H groups in total. The number of esters is 1. The van der Waals surface area contributed by atoms with Crippen LogP contribution in [0.4, 0.5) is 10.5 Å². The number of hydrogen-bond donors (Lipinski definition) is 1. The Morgan fingerprint density at radius 1 is 0.575 bits per heavy atom. The van der Waals surface area contributed by atoms with Crippen molar-refractivity contribution in [2.24, 2.45) is 10.7 Å². The van der Waals surface area contributed by atoms with E-state index in [9.17, 15) is 14.4 Å². The summed E-state index contributed by atoms with van der Waals surface area (Å²) in [4.78, 5) is 50.8. The van der Waals surface area contributed by atoms with Gasteiger partial charge in [0.2, 0.25) is 0 Å². The molecule has 1 aliphatic rings. The van der Waals surface area contributed by atoms with E-state index in [2.05, 4.69) is 24.9 Å². The van der Waals surface area contributed by atoms with Gasteiger partial charge in [-0.2, -0.15) is 0 Å². The van der Waals surface area contributed by atoms with E-state index < -0.39 is 11.2 Å². The number of amides is 2. The fourth-order valence-electron chi connectivity index (χ4n) is 7.69. The van der Waals surface area contributed by atoms with Crippen molar-refractivity contribution in [1.82, 2.24) is 14.7 Å². The molecule has 21 heteroatoms. The molecule has 1 aliphatic heterocycles. The van der Waals surface area contributed by atoms with Gasteiger partial charge in [-0.05, 0) is 104 Å². The fraction of sp³-hybridized carbons (Fsp3) is 0.729. The second-order valence-corrected chi connectivity index (χ2v) is 22.5. The summed E-state index contributed by atoms with van der Waals surface area (Å²) in [6.07, 6.45) is 7.20. The zero-order valence-corrected chi connectivity index (χ0v) is 50.8. The average Bonchev–Trinajstić information content (AvgIpc) is 3.75. The predicted molar refractivity (Wildman–Crippen MR) is 312 cm³/mol. The Bertz CT molecular complexity index is 2040. The lowest BCUT2D eigenvalue weighted by Crippen LogP contribution is -2.34. The van der Waals surface area contributed by atoms with Crippen LogP contribution in [0, 0.1) is 0 Å². The molecule has 0 spiro atoms. The van der Waals surface area contributed by atoms with Crippen LogP contribution in [-0.2, 0) is 85.9 Å². The molecule has 0 saturated carbocycles. The van der Waals surface area contributed by atoms with E-state index in [4.69, 9.17) is 67.6 Å². The molecule has 20 nitrogen and oxygen atoms in total. The van der Waals surface area contributed by atoms with E-state index in [-0.39, 0.29) is 24.4 Å². The number of ether oxygens (including phenoxy) is 12. The van der Waals surface area contributed by atoms with Crippen LogP contribution in [-0.4, -0.2) is 216 Å². The quantitative estimate of drug-likeness (QED) is 0.0494. The smallest absolute Gasteiger partial charge is 0.410 e. The zero-order chi connectivity index (χ0) is 58.3. The van der Waals surface area contributed by atoms with Crippen molar-refractivity contribution in [3.05, 3.63) is 56.8 Å². The van der Waals surface area contributed by atoms with Gasteiger partial charge in [0.05, 0.1) is 149 Å². The highest BCUT2D eigenvalue weighted by atomic mass is 32.1. The van der Waals surface area contributed by atoms with E-state index in [1.54, 1.807) is 23.3 Å². The molecule has 2 amide bonds. The molecule has 0 radical (unpaired) electrons. The van der Waals surface area contributed by atoms with Gasteiger partial charge in [-0.15, -0.1) is 11.3 Å². The normalized spacial score (nSPS) is 12.8. The van der Waals surface area contributed by atoms with Crippen LogP contribution in [0.3, 0.4) is 0 Å². The van der Waals surface area contributed by atoms with Gasteiger partial charge >= 0.3 is 12.1 Å². The van der Waals surface area contributed by atoms with Crippen LogP contribution in [0.2, 0.25) is 0 Å². The van der Waals surface area contributed by atoms with Crippen LogP contribution < -0.4 is 5.73 Å². The number of amidine groups is 1. The van der Waals surface area contributed by atoms with Crippen molar-refractivity contribution in [3.8, 4) is 0 Å².